The first kappa shape index (κ1) is 22.7. The highest BCUT2D eigenvalue weighted by Crippen LogP contribution is 2.31. The average Bonchev–Trinajstić information content (AvgIpc) is 2.90. The van der Waals surface area contributed by atoms with Gasteiger partial charge in [0.25, 0.3) is 0 Å². The summed E-state index contributed by atoms with van der Waals surface area (Å²) in [7, 11) is 0. The van der Waals surface area contributed by atoms with Crippen LogP contribution < -0.4 is 0 Å². The van der Waals surface area contributed by atoms with Gasteiger partial charge in [0.2, 0.25) is 0 Å². The van der Waals surface area contributed by atoms with Gasteiger partial charge in [-0.25, -0.2) is 0 Å². The number of allylic oxidation sites excluding steroid dienone is 3. The largest absolute Gasteiger partial charge is 0.418 e. The number of aliphatic hydroxyl groups is 1. The highest BCUT2D eigenvalue weighted by Gasteiger charge is 2.50. The molecule has 6 heteroatoms. The van der Waals surface area contributed by atoms with Crippen molar-refractivity contribution in [1.82, 2.24) is 9.78 Å². The minimum absolute atomic E-state index is 0.641. The summed E-state index contributed by atoms with van der Waals surface area (Å²) in [5.41, 5.74) is -1.28. The first-order valence-electron chi connectivity index (χ1n) is 7.28. The summed E-state index contributed by atoms with van der Waals surface area (Å²) in [4.78, 5) is 0. The highest BCUT2D eigenvalue weighted by molar-refractivity contribution is 5.63. The number of halogens is 3. The lowest BCUT2D eigenvalue weighted by atomic mass is 10.1. The summed E-state index contributed by atoms with van der Waals surface area (Å²) in [6.45, 7) is 13.4. The molecule has 1 heterocycles. The topological polar surface area (TPSA) is 38.0 Å². The van der Waals surface area contributed by atoms with Crippen LogP contribution in [0.1, 0.15) is 47.1 Å². The van der Waals surface area contributed by atoms with Gasteiger partial charge in [0.1, 0.15) is 0 Å². The molecule has 0 aliphatic heterocycles. The van der Waals surface area contributed by atoms with E-state index in [-0.39, 0.29) is 0 Å². The monoisotopic (exact) mass is 320 g/mol. The molecule has 1 aromatic heterocycles. The quantitative estimate of drug-likeness (QED) is 0.806. The smallest absolute Gasteiger partial charge is 0.379 e. The number of alkyl halides is 3. The number of aromatic nitrogens is 2. The fourth-order valence-electron chi connectivity index (χ4n) is 1.33. The molecule has 0 aliphatic rings. The van der Waals surface area contributed by atoms with Gasteiger partial charge in [0, 0.05) is 11.8 Å². The predicted octanol–water partition coefficient (Wildman–Crippen LogP) is 4.84. The van der Waals surface area contributed by atoms with Crippen LogP contribution in [0.15, 0.2) is 31.1 Å². The van der Waals surface area contributed by atoms with Crippen LogP contribution in [0, 0.1) is 0 Å². The van der Waals surface area contributed by atoms with Crippen molar-refractivity contribution >= 4 is 5.57 Å². The zero-order valence-corrected chi connectivity index (χ0v) is 14.2. The van der Waals surface area contributed by atoms with Crippen LogP contribution in [0.3, 0.4) is 0 Å². The number of hydrogen-bond acceptors (Lipinski definition) is 2. The van der Waals surface area contributed by atoms with E-state index in [0.717, 1.165) is 17.2 Å². The van der Waals surface area contributed by atoms with Crippen LogP contribution in [0.25, 0.3) is 5.57 Å². The van der Waals surface area contributed by atoms with Crippen LogP contribution in [-0.4, -0.2) is 26.7 Å². The Bertz CT molecular complexity index is 460. The first-order valence-corrected chi connectivity index (χ1v) is 7.28. The molecular formula is C16H27F3N2O. The van der Waals surface area contributed by atoms with Crippen molar-refractivity contribution in [3.8, 4) is 0 Å². The van der Waals surface area contributed by atoms with Gasteiger partial charge in [-0.2, -0.15) is 18.3 Å². The molecule has 0 spiro atoms. The summed E-state index contributed by atoms with van der Waals surface area (Å²) >= 11 is 0. The molecule has 1 N–H and O–H groups in total. The zero-order valence-electron chi connectivity index (χ0n) is 14.2. The fourth-order valence-corrected chi connectivity index (χ4v) is 1.33. The van der Waals surface area contributed by atoms with E-state index in [0.29, 0.717) is 5.56 Å². The lowest BCUT2D eigenvalue weighted by Crippen LogP contribution is -2.45. The van der Waals surface area contributed by atoms with Crippen LogP contribution >= 0.6 is 0 Å². The maximum atomic E-state index is 12.5. The van der Waals surface area contributed by atoms with Crippen molar-refractivity contribution < 1.29 is 18.3 Å². The molecule has 0 radical (unpaired) electrons. The van der Waals surface area contributed by atoms with E-state index in [2.05, 4.69) is 11.7 Å². The van der Waals surface area contributed by atoms with Gasteiger partial charge >= 0.3 is 6.18 Å². The number of nitrogens with zero attached hydrogens (tertiary/aromatic N) is 2. The van der Waals surface area contributed by atoms with Crippen molar-refractivity contribution in [2.45, 2.75) is 59.9 Å². The van der Waals surface area contributed by atoms with E-state index in [1.54, 1.807) is 19.1 Å². The van der Waals surface area contributed by atoms with Gasteiger partial charge in [0.05, 0.1) is 12.7 Å². The van der Waals surface area contributed by atoms with Crippen molar-refractivity contribution in [2.75, 3.05) is 0 Å². The van der Waals surface area contributed by atoms with E-state index in [1.807, 2.05) is 27.7 Å². The molecule has 3 nitrogen and oxygen atoms in total. The van der Waals surface area contributed by atoms with Gasteiger partial charge in [0.15, 0.2) is 5.60 Å². The van der Waals surface area contributed by atoms with Gasteiger partial charge in [-0.15, -0.1) is 0 Å². The van der Waals surface area contributed by atoms with E-state index < -0.39 is 18.3 Å². The lowest BCUT2D eigenvalue weighted by molar-refractivity contribution is -0.258. The third-order valence-corrected chi connectivity index (χ3v) is 2.54. The van der Waals surface area contributed by atoms with Crippen LogP contribution in [0.5, 0.6) is 0 Å². The standard InChI is InChI=1S/C12H15F3N2O.2C2H6/c1-4-5-9(2)10-6-16-17(7-10)8-11(3,18)12(13,14)15;2*1-2/h4-7,18H,1,8H2,2-3H3;2*1-2H3/b9-5+;;. The molecule has 1 unspecified atom stereocenters. The van der Waals surface area contributed by atoms with Crippen molar-refractivity contribution in [1.29, 1.82) is 0 Å². The van der Waals surface area contributed by atoms with Gasteiger partial charge in [-0.1, -0.05) is 46.4 Å². The van der Waals surface area contributed by atoms with Gasteiger partial charge in [-0.05, 0) is 19.4 Å². The molecule has 0 amide bonds. The normalized spacial score (nSPS) is 14.0. The second-order valence-corrected chi connectivity index (χ2v) is 4.28. The molecule has 0 aliphatic carbocycles. The Balaban J connectivity index is 0. The van der Waals surface area contributed by atoms with Gasteiger partial charge in [-0.3, -0.25) is 4.68 Å². The third kappa shape index (κ3) is 6.93. The summed E-state index contributed by atoms with van der Waals surface area (Å²) in [6.07, 6.45) is 1.52. The summed E-state index contributed by atoms with van der Waals surface area (Å²) < 4.78 is 38.5. The second-order valence-electron chi connectivity index (χ2n) is 4.28. The molecule has 1 aromatic rings. The highest BCUT2D eigenvalue weighted by atomic mass is 19.4. The molecule has 128 valence electrons. The fraction of sp³-hybridized carbons (Fsp3) is 0.562. The molecule has 0 saturated heterocycles. The minimum Gasteiger partial charge on any atom is -0.379 e. The third-order valence-electron chi connectivity index (χ3n) is 2.54. The zero-order chi connectivity index (χ0) is 18.0. The van der Waals surface area contributed by atoms with E-state index in [9.17, 15) is 18.3 Å². The molecule has 1 atom stereocenters. The predicted molar refractivity (Wildman–Crippen MR) is 85.4 cm³/mol. The van der Waals surface area contributed by atoms with E-state index in [1.165, 1.54) is 12.4 Å². The molecule has 0 bridgehead atoms. The van der Waals surface area contributed by atoms with Crippen molar-refractivity contribution in [2.24, 2.45) is 0 Å². The number of hydrogen-bond donors (Lipinski definition) is 1. The van der Waals surface area contributed by atoms with Crippen molar-refractivity contribution in [3.05, 3.63) is 36.7 Å². The summed E-state index contributed by atoms with van der Waals surface area (Å²) in [5.74, 6) is 0. The Morgan fingerprint density at radius 3 is 2.23 bits per heavy atom. The molecule has 0 fully saturated rings. The number of rotatable bonds is 4. The Morgan fingerprint density at radius 1 is 1.32 bits per heavy atom. The molecule has 22 heavy (non-hydrogen) atoms. The second kappa shape index (κ2) is 10.2. The minimum atomic E-state index is -4.69. The van der Waals surface area contributed by atoms with Gasteiger partial charge < -0.3 is 5.11 Å². The van der Waals surface area contributed by atoms with E-state index >= 15 is 0 Å². The van der Waals surface area contributed by atoms with Crippen molar-refractivity contribution in [3.63, 3.8) is 0 Å². The summed E-state index contributed by atoms with van der Waals surface area (Å²) in [5, 5.41) is 13.1. The Kier molecular flexibility index (Phi) is 10.5. The maximum absolute atomic E-state index is 12.5. The van der Waals surface area contributed by atoms with Crippen LogP contribution in [-0.2, 0) is 6.54 Å². The summed E-state index contributed by atoms with van der Waals surface area (Å²) in [6, 6.07) is 0. The van der Waals surface area contributed by atoms with E-state index in [4.69, 9.17) is 0 Å². The van der Waals surface area contributed by atoms with Crippen LogP contribution in [0.4, 0.5) is 13.2 Å². The molecular weight excluding hydrogens is 293 g/mol. The Labute approximate surface area is 131 Å². The molecule has 0 saturated carbocycles. The first-order chi connectivity index (χ1) is 10.2. The molecule has 1 rings (SSSR count). The maximum Gasteiger partial charge on any atom is 0.418 e. The van der Waals surface area contributed by atoms with Crippen LogP contribution in [0.2, 0.25) is 0 Å². The average molecular weight is 320 g/mol. The lowest BCUT2D eigenvalue weighted by Gasteiger charge is -2.25. The SMILES string of the molecule is C=C/C=C(\C)c1cnn(CC(C)(O)C(F)(F)F)c1.CC.CC. The Hall–Kier alpha value is -1.56. The Morgan fingerprint density at radius 2 is 1.82 bits per heavy atom. The molecule has 0 aromatic carbocycles.